The highest BCUT2D eigenvalue weighted by molar-refractivity contribution is 5.85. The lowest BCUT2D eigenvalue weighted by Gasteiger charge is -2.06. The normalized spacial score (nSPS) is 20.7. The molecule has 9 heavy (non-hydrogen) atoms. The Labute approximate surface area is 61.4 Å². The summed E-state index contributed by atoms with van der Waals surface area (Å²) < 4.78 is 12.0. The summed E-state index contributed by atoms with van der Waals surface area (Å²) in [5.41, 5.74) is 0.0642. The first kappa shape index (κ1) is 9.18. The summed E-state index contributed by atoms with van der Waals surface area (Å²) in [5.74, 6) is 0. The highest BCUT2D eigenvalue weighted by Crippen LogP contribution is 2.44. The summed E-state index contributed by atoms with van der Waals surface area (Å²) in [4.78, 5) is 0. The summed E-state index contributed by atoms with van der Waals surface area (Å²) in [7, 11) is 1.87. The van der Waals surface area contributed by atoms with E-state index in [2.05, 4.69) is 5.32 Å². The molecule has 56 valence electrons. The molecular formula is C6H13ClFN. The quantitative estimate of drug-likeness (QED) is 0.646. The zero-order valence-electron chi connectivity index (χ0n) is 5.61. The van der Waals surface area contributed by atoms with Crippen molar-refractivity contribution >= 4 is 12.4 Å². The minimum atomic E-state index is -0.145. The Morgan fingerprint density at radius 1 is 1.56 bits per heavy atom. The average molecular weight is 154 g/mol. The van der Waals surface area contributed by atoms with Gasteiger partial charge in [0.2, 0.25) is 0 Å². The largest absolute Gasteiger partial charge is 0.319 e. The van der Waals surface area contributed by atoms with Gasteiger partial charge in [0, 0.05) is 12.0 Å². The van der Waals surface area contributed by atoms with Crippen LogP contribution in [0.25, 0.3) is 0 Å². The van der Waals surface area contributed by atoms with Crippen LogP contribution in [0, 0.1) is 5.41 Å². The molecule has 0 bridgehead atoms. The van der Waals surface area contributed by atoms with E-state index in [1.165, 1.54) is 0 Å². The van der Waals surface area contributed by atoms with Crippen molar-refractivity contribution in [1.29, 1.82) is 0 Å². The second kappa shape index (κ2) is 3.37. The number of rotatable bonds is 3. The van der Waals surface area contributed by atoms with Gasteiger partial charge in [-0.25, -0.2) is 0 Å². The van der Waals surface area contributed by atoms with E-state index in [-0.39, 0.29) is 24.5 Å². The van der Waals surface area contributed by atoms with Crippen molar-refractivity contribution in [2.24, 2.45) is 5.41 Å². The average Bonchev–Trinajstić information content (AvgIpc) is 2.50. The predicted molar refractivity (Wildman–Crippen MR) is 38.8 cm³/mol. The molecule has 0 aliphatic heterocycles. The van der Waals surface area contributed by atoms with E-state index in [9.17, 15) is 4.39 Å². The molecule has 1 saturated carbocycles. The number of alkyl halides is 1. The van der Waals surface area contributed by atoms with Crippen LogP contribution in [-0.4, -0.2) is 20.3 Å². The maximum atomic E-state index is 12.0. The molecule has 0 radical (unpaired) electrons. The number of hydrogen-bond donors (Lipinski definition) is 1. The van der Waals surface area contributed by atoms with Gasteiger partial charge in [0.1, 0.15) is 0 Å². The third-order valence-corrected chi connectivity index (χ3v) is 1.79. The predicted octanol–water partition coefficient (Wildman–Crippen LogP) is 1.38. The zero-order valence-corrected chi connectivity index (χ0v) is 6.43. The van der Waals surface area contributed by atoms with Crippen molar-refractivity contribution in [3.8, 4) is 0 Å². The molecule has 1 nitrogen and oxygen atoms in total. The molecule has 0 saturated heterocycles. The van der Waals surface area contributed by atoms with Crippen LogP contribution in [0.2, 0.25) is 0 Å². The smallest absolute Gasteiger partial charge is 0.0962 e. The minimum absolute atomic E-state index is 0. The van der Waals surface area contributed by atoms with Gasteiger partial charge < -0.3 is 5.32 Å². The van der Waals surface area contributed by atoms with Crippen LogP contribution in [-0.2, 0) is 0 Å². The van der Waals surface area contributed by atoms with E-state index < -0.39 is 0 Å². The Hall–Kier alpha value is 0.180. The number of hydrogen-bond acceptors (Lipinski definition) is 1. The van der Waals surface area contributed by atoms with Gasteiger partial charge in [0.25, 0.3) is 0 Å². The number of halogens is 2. The summed E-state index contributed by atoms with van der Waals surface area (Å²) in [6.45, 7) is 0.706. The first-order valence-corrected chi connectivity index (χ1v) is 3.04. The lowest BCUT2D eigenvalue weighted by Crippen LogP contribution is -2.21. The van der Waals surface area contributed by atoms with Crippen LogP contribution >= 0.6 is 12.4 Å². The standard InChI is InChI=1S/C6H12FN.ClH/c1-8-5-6(4-7)2-3-6;/h8H,2-5H2,1H3;1H. The molecule has 1 aliphatic rings. The molecule has 1 aliphatic carbocycles. The van der Waals surface area contributed by atoms with Crippen molar-refractivity contribution in [1.82, 2.24) is 5.32 Å². The molecule has 0 aromatic heterocycles. The van der Waals surface area contributed by atoms with Crippen LogP contribution in [0.15, 0.2) is 0 Å². The van der Waals surface area contributed by atoms with Crippen LogP contribution in [0.5, 0.6) is 0 Å². The number of nitrogens with one attached hydrogen (secondary N) is 1. The lowest BCUT2D eigenvalue weighted by molar-refractivity contribution is 0.334. The van der Waals surface area contributed by atoms with Crippen molar-refractivity contribution in [3.05, 3.63) is 0 Å². The van der Waals surface area contributed by atoms with E-state index in [1.807, 2.05) is 7.05 Å². The molecule has 0 atom stereocenters. The van der Waals surface area contributed by atoms with E-state index >= 15 is 0 Å². The molecule has 0 aromatic carbocycles. The molecule has 0 aromatic rings. The van der Waals surface area contributed by atoms with Crippen LogP contribution in [0.3, 0.4) is 0 Å². The van der Waals surface area contributed by atoms with Crippen molar-refractivity contribution < 1.29 is 4.39 Å². The molecule has 0 unspecified atom stereocenters. The molecular weight excluding hydrogens is 141 g/mol. The molecule has 0 heterocycles. The van der Waals surface area contributed by atoms with Gasteiger partial charge in [-0.2, -0.15) is 0 Å². The second-order valence-corrected chi connectivity index (χ2v) is 2.66. The zero-order chi connectivity index (χ0) is 6.04. The fraction of sp³-hybridized carbons (Fsp3) is 1.00. The van der Waals surface area contributed by atoms with Crippen molar-refractivity contribution in [2.75, 3.05) is 20.3 Å². The third kappa shape index (κ3) is 2.11. The minimum Gasteiger partial charge on any atom is -0.319 e. The van der Waals surface area contributed by atoms with Crippen molar-refractivity contribution in [3.63, 3.8) is 0 Å². The Kier molecular flexibility index (Phi) is 3.44. The summed E-state index contributed by atoms with van der Waals surface area (Å²) >= 11 is 0. The fourth-order valence-electron chi connectivity index (χ4n) is 0.909. The first-order valence-electron chi connectivity index (χ1n) is 3.04. The molecule has 0 amide bonds. The Balaban J connectivity index is 0.000000640. The van der Waals surface area contributed by atoms with E-state index in [0.717, 1.165) is 19.4 Å². The van der Waals surface area contributed by atoms with Gasteiger partial charge in [-0.1, -0.05) is 0 Å². The molecule has 3 heteroatoms. The third-order valence-electron chi connectivity index (χ3n) is 1.79. The SMILES string of the molecule is CNCC1(CF)CC1.Cl. The summed E-state index contributed by atoms with van der Waals surface area (Å²) in [6.07, 6.45) is 2.15. The van der Waals surface area contributed by atoms with Gasteiger partial charge in [-0.3, -0.25) is 4.39 Å². The van der Waals surface area contributed by atoms with E-state index in [1.54, 1.807) is 0 Å². The van der Waals surface area contributed by atoms with Crippen LogP contribution in [0.4, 0.5) is 4.39 Å². The molecule has 1 rings (SSSR count). The Bertz CT molecular complexity index is 83.1. The van der Waals surface area contributed by atoms with Gasteiger partial charge in [-0.15, -0.1) is 12.4 Å². The molecule has 1 fully saturated rings. The van der Waals surface area contributed by atoms with Gasteiger partial charge in [-0.05, 0) is 19.9 Å². The first-order chi connectivity index (χ1) is 3.83. The monoisotopic (exact) mass is 153 g/mol. The topological polar surface area (TPSA) is 12.0 Å². The molecule has 1 N–H and O–H groups in total. The highest BCUT2D eigenvalue weighted by atomic mass is 35.5. The van der Waals surface area contributed by atoms with Gasteiger partial charge in [0.15, 0.2) is 0 Å². The molecule has 0 spiro atoms. The maximum Gasteiger partial charge on any atom is 0.0962 e. The van der Waals surface area contributed by atoms with Crippen LogP contribution in [0.1, 0.15) is 12.8 Å². The fourth-order valence-corrected chi connectivity index (χ4v) is 0.909. The summed E-state index contributed by atoms with van der Waals surface area (Å²) in [6, 6.07) is 0. The maximum absolute atomic E-state index is 12.0. The Morgan fingerprint density at radius 2 is 2.11 bits per heavy atom. The summed E-state index contributed by atoms with van der Waals surface area (Å²) in [5, 5.41) is 2.98. The van der Waals surface area contributed by atoms with Gasteiger partial charge in [0.05, 0.1) is 6.67 Å². The lowest BCUT2D eigenvalue weighted by atomic mass is 10.1. The van der Waals surface area contributed by atoms with Gasteiger partial charge >= 0.3 is 0 Å². The Morgan fingerprint density at radius 3 is 2.22 bits per heavy atom. The van der Waals surface area contributed by atoms with E-state index in [0.29, 0.717) is 0 Å². The van der Waals surface area contributed by atoms with Crippen LogP contribution < -0.4 is 5.32 Å². The highest BCUT2D eigenvalue weighted by Gasteiger charge is 2.41. The van der Waals surface area contributed by atoms with E-state index in [4.69, 9.17) is 0 Å². The second-order valence-electron chi connectivity index (χ2n) is 2.66. The van der Waals surface area contributed by atoms with Crippen molar-refractivity contribution in [2.45, 2.75) is 12.8 Å².